The number of rotatable bonds is 7. The van der Waals surface area contributed by atoms with Gasteiger partial charge in [0.15, 0.2) is 0 Å². The second-order valence-electron chi connectivity index (χ2n) is 8.11. The Kier molecular flexibility index (Phi) is 6.70. The molecule has 1 aliphatic heterocycles. The highest BCUT2D eigenvalue weighted by molar-refractivity contribution is 5.74. The van der Waals surface area contributed by atoms with Crippen molar-refractivity contribution in [2.24, 2.45) is 0 Å². The van der Waals surface area contributed by atoms with Gasteiger partial charge in [-0.3, -0.25) is 9.69 Å². The van der Waals surface area contributed by atoms with Gasteiger partial charge < -0.3 is 9.84 Å². The fourth-order valence-corrected chi connectivity index (χ4v) is 4.34. The number of carboxylic acids is 1. The van der Waals surface area contributed by atoms with E-state index in [4.69, 9.17) is 4.74 Å². The van der Waals surface area contributed by atoms with Gasteiger partial charge in [0.25, 0.3) is 0 Å². The van der Waals surface area contributed by atoms with Gasteiger partial charge in [0.05, 0.1) is 11.6 Å². The Morgan fingerprint density at radius 1 is 1.00 bits per heavy atom. The number of alkyl halides is 3. The number of hydrogen-bond acceptors (Lipinski definition) is 3. The molecule has 1 N–H and O–H groups in total. The monoisotopic (exact) mass is 455 g/mol. The second kappa shape index (κ2) is 9.67. The third-order valence-corrected chi connectivity index (χ3v) is 5.86. The third-order valence-electron chi connectivity index (χ3n) is 5.86. The third kappa shape index (κ3) is 5.37. The van der Waals surface area contributed by atoms with Crippen LogP contribution in [0.5, 0.6) is 5.75 Å². The molecule has 2 atom stereocenters. The maximum Gasteiger partial charge on any atom is 0.416 e. The summed E-state index contributed by atoms with van der Waals surface area (Å²) in [7, 11) is 0. The smallest absolute Gasteiger partial charge is 0.416 e. The SMILES string of the molecule is O=C(O)C1CCCN1C(c1cccc(OCc2ccccc2)c1)c1cccc(C(F)(F)F)c1. The van der Waals surface area contributed by atoms with E-state index in [2.05, 4.69) is 0 Å². The number of aliphatic carboxylic acids is 1. The average Bonchev–Trinajstić information content (AvgIpc) is 3.28. The molecule has 7 heteroatoms. The number of carbonyl (C=O) groups is 1. The van der Waals surface area contributed by atoms with Crippen LogP contribution in [0.3, 0.4) is 0 Å². The predicted molar refractivity (Wildman–Crippen MR) is 118 cm³/mol. The minimum atomic E-state index is -4.49. The molecule has 2 unspecified atom stereocenters. The summed E-state index contributed by atoms with van der Waals surface area (Å²) in [5.74, 6) is -0.402. The molecule has 0 amide bonds. The van der Waals surface area contributed by atoms with Crippen LogP contribution in [0, 0.1) is 0 Å². The first-order valence-electron chi connectivity index (χ1n) is 10.8. The summed E-state index contributed by atoms with van der Waals surface area (Å²) < 4.78 is 46.2. The summed E-state index contributed by atoms with van der Waals surface area (Å²) in [6, 6.07) is 20.5. The molecule has 3 aromatic carbocycles. The Labute approximate surface area is 190 Å². The molecule has 3 aromatic rings. The van der Waals surface area contributed by atoms with Crippen molar-refractivity contribution in [3.63, 3.8) is 0 Å². The number of benzene rings is 3. The highest BCUT2D eigenvalue weighted by Gasteiger charge is 2.38. The second-order valence-corrected chi connectivity index (χ2v) is 8.11. The van der Waals surface area contributed by atoms with Crippen molar-refractivity contribution in [2.75, 3.05) is 6.54 Å². The zero-order valence-corrected chi connectivity index (χ0v) is 17.8. The van der Waals surface area contributed by atoms with E-state index in [0.29, 0.717) is 42.9 Å². The molecule has 0 radical (unpaired) electrons. The first kappa shape index (κ1) is 22.9. The van der Waals surface area contributed by atoms with Gasteiger partial charge in [-0.2, -0.15) is 13.2 Å². The van der Waals surface area contributed by atoms with E-state index in [0.717, 1.165) is 17.7 Å². The van der Waals surface area contributed by atoms with Crippen molar-refractivity contribution < 1.29 is 27.8 Å². The maximum atomic E-state index is 13.4. The first-order chi connectivity index (χ1) is 15.8. The van der Waals surface area contributed by atoms with Crippen molar-refractivity contribution >= 4 is 5.97 Å². The molecular weight excluding hydrogens is 431 g/mol. The summed E-state index contributed by atoms with van der Waals surface area (Å²) in [5.41, 5.74) is 1.32. The quantitative estimate of drug-likeness (QED) is 0.480. The number of ether oxygens (including phenoxy) is 1. The minimum Gasteiger partial charge on any atom is -0.489 e. The van der Waals surface area contributed by atoms with Crippen molar-refractivity contribution in [2.45, 2.75) is 37.7 Å². The van der Waals surface area contributed by atoms with Crippen LogP contribution in [0.1, 0.15) is 41.1 Å². The highest BCUT2D eigenvalue weighted by Crippen LogP contribution is 2.38. The lowest BCUT2D eigenvalue weighted by atomic mass is 9.94. The van der Waals surface area contributed by atoms with Crippen LogP contribution in [0.15, 0.2) is 78.9 Å². The van der Waals surface area contributed by atoms with Crippen molar-refractivity contribution in [1.82, 2.24) is 4.90 Å². The lowest BCUT2D eigenvalue weighted by Crippen LogP contribution is -2.39. The summed E-state index contributed by atoms with van der Waals surface area (Å²) in [6.07, 6.45) is -3.37. The van der Waals surface area contributed by atoms with E-state index in [9.17, 15) is 23.1 Å². The maximum absolute atomic E-state index is 13.4. The lowest BCUT2D eigenvalue weighted by Gasteiger charge is -2.32. The van der Waals surface area contributed by atoms with E-state index >= 15 is 0 Å². The van der Waals surface area contributed by atoms with E-state index in [1.807, 2.05) is 30.3 Å². The Hall–Kier alpha value is -3.32. The van der Waals surface area contributed by atoms with Gasteiger partial charge in [0.1, 0.15) is 18.4 Å². The van der Waals surface area contributed by atoms with Crippen LogP contribution >= 0.6 is 0 Å². The zero-order valence-electron chi connectivity index (χ0n) is 17.8. The molecule has 4 nitrogen and oxygen atoms in total. The molecule has 1 fully saturated rings. The van der Waals surface area contributed by atoms with E-state index in [1.54, 1.807) is 35.2 Å². The van der Waals surface area contributed by atoms with Crippen molar-refractivity contribution in [3.8, 4) is 5.75 Å². The molecule has 0 aliphatic carbocycles. The molecule has 1 aliphatic rings. The van der Waals surface area contributed by atoms with Crippen LogP contribution in [0.2, 0.25) is 0 Å². The Balaban J connectivity index is 1.70. The number of nitrogens with zero attached hydrogens (tertiary/aromatic N) is 1. The van der Waals surface area contributed by atoms with Gasteiger partial charge in [-0.25, -0.2) is 0 Å². The number of likely N-dealkylation sites (tertiary alicyclic amines) is 1. The molecule has 1 heterocycles. The Morgan fingerprint density at radius 2 is 1.70 bits per heavy atom. The summed E-state index contributed by atoms with van der Waals surface area (Å²) in [4.78, 5) is 13.7. The van der Waals surface area contributed by atoms with Crippen molar-refractivity contribution in [3.05, 3.63) is 101 Å². The molecule has 172 valence electrons. The predicted octanol–water partition coefficient (Wildman–Crippen LogP) is 5.92. The lowest BCUT2D eigenvalue weighted by molar-refractivity contribution is -0.143. The minimum absolute atomic E-state index is 0.347. The average molecular weight is 455 g/mol. The van der Waals surface area contributed by atoms with Crippen LogP contribution in [-0.4, -0.2) is 28.6 Å². The highest BCUT2D eigenvalue weighted by atomic mass is 19.4. The molecule has 4 rings (SSSR count). The summed E-state index contributed by atoms with van der Waals surface area (Å²) >= 11 is 0. The van der Waals surface area contributed by atoms with E-state index in [-0.39, 0.29) is 0 Å². The first-order valence-corrected chi connectivity index (χ1v) is 10.8. The molecule has 0 aromatic heterocycles. The zero-order chi connectivity index (χ0) is 23.4. The van der Waals surface area contributed by atoms with Gasteiger partial charge in [-0.05, 0) is 53.8 Å². The fraction of sp³-hybridized carbons (Fsp3) is 0.269. The molecule has 0 bridgehead atoms. The molecule has 33 heavy (non-hydrogen) atoms. The van der Waals surface area contributed by atoms with Gasteiger partial charge in [0.2, 0.25) is 0 Å². The van der Waals surface area contributed by atoms with Gasteiger partial charge >= 0.3 is 12.1 Å². The topological polar surface area (TPSA) is 49.8 Å². The molecular formula is C26H24F3NO3. The van der Waals surface area contributed by atoms with E-state index < -0.39 is 29.8 Å². The Morgan fingerprint density at radius 3 is 2.39 bits per heavy atom. The number of halogens is 3. The molecule has 0 spiro atoms. The fourth-order valence-electron chi connectivity index (χ4n) is 4.34. The van der Waals surface area contributed by atoms with E-state index in [1.165, 1.54) is 6.07 Å². The Bertz CT molecular complexity index is 1100. The van der Waals surface area contributed by atoms with Crippen LogP contribution in [0.4, 0.5) is 13.2 Å². The number of carboxylic acid groups (broad SMARTS) is 1. The van der Waals surface area contributed by atoms with Gasteiger partial charge in [-0.15, -0.1) is 0 Å². The molecule has 0 saturated carbocycles. The van der Waals surface area contributed by atoms with Gasteiger partial charge in [0, 0.05) is 6.54 Å². The standard InChI is InChI=1S/C26H24F3NO3/c27-26(28,29)21-11-4-9-19(15-21)24(30-14-6-13-23(30)25(31)32)20-10-5-12-22(16-20)33-17-18-7-2-1-3-8-18/h1-5,7-12,15-16,23-24H,6,13-14,17H2,(H,31,32). The normalized spacial score (nSPS) is 17.6. The van der Waals surface area contributed by atoms with Gasteiger partial charge in [-0.1, -0.05) is 54.6 Å². The molecule has 1 saturated heterocycles. The van der Waals surface area contributed by atoms with Crippen LogP contribution in [0.25, 0.3) is 0 Å². The van der Waals surface area contributed by atoms with Crippen LogP contribution < -0.4 is 4.74 Å². The largest absolute Gasteiger partial charge is 0.489 e. The summed E-state index contributed by atoms with van der Waals surface area (Å²) in [6.45, 7) is 0.826. The number of hydrogen-bond donors (Lipinski definition) is 1. The van der Waals surface area contributed by atoms with Crippen molar-refractivity contribution in [1.29, 1.82) is 0 Å². The summed E-state index contributed by atoms with van der Waals surface area (Å²) in [5, 5.41) is 9.73. The van der Waals surface area contributed by atoms with Crippen LogP contribution in [-0.2, 0) is 17.6 Å².